The number of rotatable bonds is 8. The Kier molecular flexibility index (Phi) is 6.29. The molecule has 0 bridgehead atoms. The van der Waals surface area contributed by atoms with Gasteiger partial charge in [-0.2, -0.15) is 0 Å². The van der Waals surface area contributed by atoms with Gasteiger partial charge in [-0.05, 0) is 62.5 Å². The number of benzene rings is 2. The zero-order chi connectivity index (χ0) is 14.9. The second-order valence-electron chi connectivity index (χ2n) is 5.47. The predicted molar refractivity (Wildman–Crippen MR) is 92.1 cm³/mol. The second kappa shape index (κ2) is 8.48. The van der Waals surface area contributed by atoms with Crippen molar-refractivity contribution in [2.45, 2.75) is 26.2 Å². The van der Waals surface area contributed by atoms with Crippen molar-refractivity contribution in [1.82, 2.24) is 5.32 Å². The third-order valence-electron chi connectivity index (χ3n) is 3.86. The van der Waals surface area contributed by atoms with Gasteiger partial charge in [0.2, 0.25) is 0 Å². The van der Waals surface area contributed by atoms with Crippen molar-refractivity contribution in [2.24, 2.45) is 0 Å². The van der Waals surface area contributed by atoms with Gasteiger partial charge in [0.15, 0.2) is 0 Å². The maximum Gasteiger partial charge on any atom is 0.0372 e. The molecule has 2 rings (SSSR count). The molecule has 0 aliphatic rings. The molecule has 0 atom stereocenters. The minimum atomic E-state index is 1.02. The van der Waals surface area contributed by atoms with Crippen LogP contribution in [0.25, 0.3) is 0 Å². The molecule has 0 spiro atoms. The molecule has 0 amide bonds. The van der Waals surface area contributed by atoms with E-state index in [0.29, 0.717) is 0 Å². The van der Waals surface area contributed by atoms with Crippen LogP contribution < -0.4 is 10.6 Å². The Balaban J connectivity index is 1.95. The van der Waals surface area contributed by atoms with Crippen molar-refractivity contribution in [3.8, 4) is 0 Å². The number of aryl methyl sites for hydroxylation is 3. The summed E-state index contributed by atoms with van der Waals surface area (Å²) in [6.07, 6.45) is 3.32. The van der Waals surface area contributed by atoms with Crippen LogP contribution in [0.2, 0.25) is 0 Å². The highest BCUT2D eigenvalue weighted by Crippen LogP contribution is 2.18. The number of para-hydroxylation sites is 1. The smallest absolute Gasteiger partial charge is 0.0372 e. The van der Waals surface area contributed by atoms with Crippen molar-refractivity contribution in [2.75, 3.05) is 25.5 Å². The highest BCUT2D eigenvalue weighted by atomic mass is 14.9. The van der Waals surface area contributed by atoms with E-state index in [9.17, 15) is 0 Å². The molecular formula is C19H26N2. The van der Waals surface area contributed by atoms with Crippen molar-refractivity contribution in [3.63, 3.8) is 0 Å². The quantitative estimate of drug-likeness (QED) is 0.720. The van der Waals surface area contributed by atoms with E-state index in [1.54, 1.807) is 0 Å². The molecule has 21 heavy (non-hydrogen) atoms. The summed E-state index contributed by atoms with van der Waals surface area (Å²) in [6, 6.07) is 17.3. The van der Waals surface area contributed by atoms with Gasteiger partial charge in [-0.25, -0.2) is 0 Å². The van der Waals surface area contributed by atoms with E-state index in [4.69, 9.17) is 0 Å². The van der Waals surface area contributed by atoms with Crippen molar-refractivity contribution < 1.29 is 0 Å². The standard InChI is InChI=1S/C19H26N2/c1-16-8-3-4-9-17(16)12-13-18-10-5-6-11-19(18)21-15-7-14-20-2/h3-6,8-11,20-21H,7,12-15H2,1-2H3. The maximum atomic E-state index is 3.56. The van der Waals surface area contributed by atoms with Crippen LogP contribution in [0, 0.1) is 6.92 Å². The van der Waals surface area contributed by atoms with Gasteiger partial charge >= 0.3 is 0 Å². The Hall–Kier alpha value is -1.80. The zero-order valence-corrected chi connectivity index (χ0v) is 13.2. The van der Waals surface area contributed by atoms with Crippen LogP contribution in [0.15, 0.2) is 48.5 Å². The molecule has 0 aliphatic carbocycles. The van der Waals surface area contributed by atoms with Crippen molar-refractivity contribution in [1.29, 1.82) is 0 Å². The Morgan fingerprint density at radius 1 is 0.810 bits per heavy atom. The molecule has 0 saturated carbocycles. The minimum Gasteiger partial charge on any atom is -0.385 e. The average Bonchev–Trinajstić information content (AvgIpc) is 2.52. The Bertz CT molecular complexity index is 549. The second-order valence-corrected chi connectivity index (χ2v) is 5.47. The molecule has 0 unspecified atom stereocenters. The summed E-state index contributed by atoms with van der Waals surface area (Å²) in [7, 11) is 2.00. The first-order valence-electron chi connectivity index (χ1n) is 7.82. The highest BCUT2D eigenvalue weighted by Gasteiger charge is 2.03. The van der Waals surface area contributed by atoms with Crippen LogP contribution in [0.3, 0.4) is 0 Å². The number of hydrogen-bond acceptors (Lipinski definition) is 2. The molecule has 112 valence electrons. The van der Waals surface area contributed by atoms with Gasteiger partial charge in [0.05, 0.1) is 0 Å². The monoisotopic (exact) mass is 282 g/mol. The SMILES string of the molecule is CNCCCNc1ccccc1CCc1ccccc1C. The van der Waals surface area contributed by atoms with E-state index < -0.39 is 0 Å². The van der Waals surface area contributed by atoms with Gasteiger partial charge in [-0.3, -0.25) is 0 Å². The first-order chi connectivity index (χ1) is 10.3. The van der Waals surface area contributed by atoms with E-state index in [0.717, 1.165) is 32.4 Å². The topological polar surface area (TPSA) is 24.1 Å². The highest BCUT2D eigenvalue weighted by molar-refractivity contribution is 5.51. The third kappa shape index (κ3) is 4.91. The fraction of sp³-hybridized carbons (Fsp3) is 0.368. The van der Waals surface area contributed by atoms with Crippen LogP contribution in [0.5, 0.6) is 0 Å². The molecule has 2 heteroatoms. The Morgan fingerprint density at radius 3 is 2.24 bits per heavy atom. The lowest BCUT2D eigenvalue weighted by molar-refractivity contribution is 0.747. The lowest BCUT2D eigenvalue weighted by Gasteiger charge is -2.12. The van der Waals surface area contributed by atoms with Gasteiger partial charge in [0, 0.05) is 12.2 Å². The molecule has 0 aliphatic heterocycles. The summed E-state index contributed by atoms with van der Waals surface area (Å²) < 4.78 is 0. The molecule has 0 heterocycles. The normalized spacial score (nSPS) is 10.6. The molecule has 0 radical (unpaired) electrons. The molecule has 0 fully saturated rings. The Morgan fingerprint density at radius 2 is 1.48 bits per heavy atom. The molecule has 2 nitrogen and oxygen atoms in total. The largest absolute Gasteiger partial charge is 0.385 e. The van der Waals surface area contributed by atoms with Crippen LogP contribution in [0.1, 0.15) is 23.1 Å². The number of anilines is 1. The fourth-order valence-electron chi connectivity index (χ4n) is 2.56. The first-order valence-corrected chi connectivity index (χ1v) is 7.82. The van der Waals surface area contributed by atoms with Crippen LogP contribution in [-0.4, -0.2) is 20.1 Å². The molecule has 0 aromatic heterocycles. The maximum absolute atomic E-state index is 3.56. The van der Waals surface area contributed by atoms with Crippen LogP contribution in [0.4, 0.5) is 5.69 Å². The summed E-state index contributed by atoms with van der Waals surface area (Å²) >= 11 is 0. The fourth-order valence-corrected chi connectivity index (χ4v) is 2.56. The van der Waals surface area contributed by atoms with Gasteiger partial charge in [-0.15, -0.1) is 0 Å². The van der Waals surface area contributed by atoms with Gasteiger partial charge in [-0.1, -0.05) is 42.5 Å². The Labute approximate surface area is 128 Å². The summed E-state index contributed by atoms with van der Waals surface area (Å²) in [5, 5.41) is 6.74. The summed E-state index contributed by atoms with van der Waals surface area (Å²) in [6.45, 7) is 4.26. The summed E-state index contributed by atoms with van der Waals surface area (Å²) in [4.78, 5) is 0. The van der Waals surface area contributed by atoms with Crippen LogP contribution in [-0.2, 0) is 12.8 Å². The molecule has 2 aromatic carbocycles. The first kappa shape index (κ1) is 15.6. The van der Waals surface area contributed by atoms with E-state index in [1.807, 2.05) is 7.05 Å². The third-order valence-corrected chi connectivity index (χ3v) is 3.86. The predicted octanol–water partition coefficient (Wildman–Crippen LogP) is 3.80. The molecule has 2 aromatic rings. The lowest BCUT2D eigenvalue weighted by Crippen LogP contribution is -2.13. The van der Waals surface area contributed by atoms with E-state index in [-0.39, 0.29) is 0 Å². The minimum absolute atomic E-state index is 1.02. The average molecular weight is 282 g/mol. The van der Waals surface area contributed by atoms with Crippen LogP contribution >= 0.6 is 0 Å². The van der Waals surface area contributed by atoms with Crippen molar-refractivity contribution >= 4 is 5.69 Å². The molecule has 0 saturated heterocycles. The summed E-state index contributed by atoms with van der Waals surface area (Å²) in [5.74, 6) is 0. The van der Waals surface area contributed by atoms with E-state index in [2.05, 4.69) is 66.1 Å². The van der Waals surface area contributed by atoms with Crippen molar-refractivity contribution in [3.05, 3.63) is 65.2 Å². The molecule has 2 N–H and O–H groups in total. The van der Waals surface area contributed by atoms with Gasteiger partial charge in [0.25, 0.3) is 0 Å². The number of hydrogen-bond donors (Lipinski definition) is 2. The lowest BCUT2D eigenvalue weighted by atomic mass is 9.99. The van der Waals surface area contributed by atoms with Gasteiger partial charge in [0.1, 0.15) is 0 Å². The molecular weight excluding hydrogens is 256 g/mol. The van der Waals surface area contributed by atoms with E-state index in [1.165, 1.54) is 22.4 Å². The van der Waals surface area contributed by atoms with Gasteiger partial charge < -0.3 is 10.6 Å². The number of nitrogens with one attached hydrogen (secondary N) is 2. The van der Waals surface area contributed by atoms with E-state index >= 15 is 0 Å². The zero-order valence-electron chi connectivity index (χ0n) is 13.2. The summed E-state index contributed by atoms with van der Waals surface area (Å²) in [5.41, 5.74) is 5.52.